The molecular weight excluding hydrogens is 256 g/mol. The third-order valence-corrected chi connectivity index (χ3v) is 3.97. The molecule has 0 aliphatic carbocycles. The number of hydrogen-bond donors (Lipinski definition) is 1. The lowest BCUT2D eigenvalue weighted by molar-refractivity contribution is -0.131. The van der Waals surface area contributed by atoms with E-state index in [9.17, 15) is 13.2 Å². The summed E-state index contributed by atoms with van der Waals surface area (Å²) in [7, 11) is -2.40. The molecule has 0 unspecified atom stereocenters. The molecule has 6 heteroatoms. The largest absolute Gasteiger partial charge is 0.496 e. The number of hydrogen-bond acceptors (Lipinski definition) is 4. The number of sulfone groups is 1. The van der Waals surface area contributed by atoms with Gasteiger partial charge in [0.15, 0.2) is 4.91 Å². The minimum atomic E-state index is -3.86. The second-order valence-electron chi connectivity index (χ2n) is 3.63. The summed E-state index contributed by atoms with van der Waals surface area (Å²) in [6, 6.07) is 6.81. The van der Waals surface area contributed by atoms with Gasteiger partial charge in [-0.1, -0.05) is 18.2 Å². The Morgan fingerprint density at radius 3 is 2.50 bits per heavy atom. The van der Waals surface area contributed by atoms with Gasteiger partial charge in [0, 0.05) is 11.0 Å². The van der Waals surface area contributed by atoms with Crippen LogP contribution in [0.3, 0.4) is 0 Å². The number of ether oxygens (including phenoxy) is 1. The lowest BCUT2D eigenvalue weighted by Crippen LogP contribution is -2.07. The number of benzene rings is 1. The number of allylic oxidation sites excluding steroid dienone is 2. The molecule has 94 valence electrons. The molecule has 1 aliphatic heterocycles. The second kappa shape index (κ2) is 4.30. The molecule has 1 aromatic carbocycles. The molecule has 0 fully saturated rings. The molecule has 1 N–H and O–H groups in total. The molecule has 0 atom stereocenters. The average molecular weight is 266 g/mol. The Labute approximate surface area is 104 Å². The van der Waals surface area contributed by atoms with Gasteiger partial charge in [-0.2, -0.15) is 0 Å². The van der Waals surface area contributed by atoms with Gasteiger partial charge in [0.1, 0.15) is 5.75 Å². The molecule has 0 saturated carbocycles. The highest BCUT2D eigenvalue weighted by molar-refractivity contribution is 7.99. The SMILES string of the molecule is COc1ccccc1C1=CS(=O)(=O)C(C(=O)O)=C1. The predicted octanol–water partition coefficient (Wildman–Crippen LogP) is 1.43. The number of para-hydroxylation sites is 1. The van der Waals surface area contributed by atoms with Crippen LogP contribution >= 0.6 is 0 Å². The highest BCUT2D eigenvalue weighted by atomic mass is 32.2. The molecule has 2 rings (SSSR count). The van der Waals surface area contributed by atoms with Crippen LogP contribution in [0.1, 0.15) is 5.56 Å². The minimum Gasteiger partial charge on any atom is -0.496 e. The lowest BCUT2D eigenvalue weighted by Gasteiger charge is -2.06. The van der Waals surface area contributed by atoms with E-state index in [0.717, 1.165) is 11.5 Å². The maximum atomic E-state index is 11.6. The first-order valence-electron chi connectivity index (χ1n) is 5.01. The van der Waals surface area contributed by atoms with E-state index in [1.165, 1.54) is 7.11 Å². The van der Waals surface area contributed by atoms with Crippen LogP contribution in [0.4, 0.5) is 0 Å². The van der Waals surface area contributed by atoms with Crippen LogP contribution in [-0.4, -0.2) is 26.6 Å². The maximum absolute atomic E-state index is 11.6. The first-order valence-corrected chi connectivity index (χ1v) is 6.55. The van der Waals surface area contributed by atoms with Crippen LogP contribution in [0.25, 0.3) is 5.57 Å². The fourth-order valence-corrected chi connectivity index (χ4v) is 2.89. The molecule has 0 spiro atoms. The Kier molecular flexibility index (Phi) is 2.96. The predicted molar refractivity (Wildman–Crippen MR) is 65.6 cm³/mol. The van der Waals surface area contributed by atoms with E-state index in [2.05, 4.69) is 0 Å². The number of carboxylic acid groups (broad SMARTS) is 1. The van der Waals surface area contributed by atoms with Crippen molar-refractivity contribution < 1.29 is 23.1 Å². The van der Waals surface area contributed by atoms with Gasteiger partial charge in [-0.3, -0.25) is 0 Å². The van der Waals surface area contributed by atoms with Crippen LogP contribution in [0.5, 0.6) is 5.75 Å². The quantitative estimate of drug-likeness (QED) is 0.895. The summed E-state index contributed by atoms with van der Waals surface area (Å²) in [5.41, 5.74) is 0.852. The van der Waals surface area contributed by atoms with E-state index < -0.39 is 20.7 Å². The van der Waals surface area contributed by atoms with Crippen LogP contribution in [0.15, 0.2) is 40.7 Å². The number of aliphatic carboxylic acids is 1. The lowest BCUT2D eigenvalue weighted by atomic mass is 10.1. The molecule has 0 saturated heterocycles. The molecule has 0 amide bonds. The van der Waals surface area contributed by atoms with Crippen molar-refractivity contribution in [2.75, 3.05) is 7.11 Å². The van der Waals surface area contributed by atoms with Gasteiger partial charge in [-0.25, -0.2) is 13.2 Å². The Balaban J connectivity index is 2.58. The van der Waals surface area contributed by atoms with Crippen LogP contribution in [0.2, 0.25) is 0 Å². The van der Waals surface area contributed by atoms with E-state index in [1.807, 2.05) is 0 Å². The molecule has 1 aliphatic rings. The summed E-state index contributed by atoms with van der Waals surface area (Å²) in [5.74, 6) is -0.974. The van der Waals surface area contributed by atoms with Crippen molar-refractivity contribution in [3.05, 3.63) is 46.2 Å². The summed E-state index contributed by atoms with van der Waals surface area (Å²) >= 11 is 0. The van der Waals surface area contributed by atoms with Gasteiger partial charge in [0.25, 0.3) is 0 Å². The van der Waals surface area contributed by atoms with Gasteiger partial charge >= 0.3 is 5.97 Å². The summed E-state index contributed by atoms with van der Waals surface area (Å²) in [6.45, 7) is 0. The van der Waals surface area contributed by atoms with E-state index in [0.29, 0.717) is 16.9 Å². The van der Waals surface area contributed by atoms with Crippen LogP contribution in [0, 0.1) is 0 Å². The van der Waals surface area contributed by atoms with Crippen LogP contribution < -0.4 is 4.74 Å². The van der Waals surface area contributed by atoms with Crippen molar-refractivity contribution in [3.63, 3.8) is 0 Å². The number of carboxylic acids is 1. The molecule has 0 aromatic heterocycles. The Morgan fingerprint density at radius 1 is 1.28 bits per heavy atom. The van der Waals surface area contributed by atoms with Gasteiger partial charge in [-0.15, -0.1) is 0 Å². The standard InChI is InChI=1S/C12H10O5S/c1-17-10-5-3-2-4-9(10)8-6-11(12(13)14)18(15,16)7-8/h2-7H,1H3,(H,13,14). The van der Waals surface area contributed by atoms with Crippen molar-refractivity contribution in [2.45, 2.75) is 0 Å². The molecule has 0 radical (unpaired) electrons. The van der Waals surface area contributed by atoms with Crippen LogP contribution in [-0.2, 0) is 14.6 Å². The normalized spacial score (nSPS) is 16.9. The zero-order valence-corrected chi connectivity index (χ0v) is 10.3. The molecule has 1 aromatic rings. The molecule has 1 heterocycles. The minimum absolute atomic E-state index is 0.310. The van der Waals surface area contributed by atoms with Gasteiger partial charge in [0.05, 0.1) is 7.11 Å². The number of rotatable bonds is 3. The highest BCUT2D eigenvalue weighted by Gasteiger charge is 2.29. The fraction of sp³-hybridized carbons (Fsp3) is 0.0833. The Hall–Kier alpha value is -2.08. The Morgan fingerprint density at radius 2 is 1.94 bits per heavy atom. The average Bonchev–Trinajstić information content (AvgIpc) is 2.65. The molecular formula is C12H10O5S. The maximum Gasteiger partial charge on any atom is 0.347 e. The van der Waals surface area contributed by atoms with E-state index in [4.69, 9.17) is 9.84 Å². The summed E-state index contributed by atoms with van der Waals surface area (Å²) in [4.78, 5) is 10.2. The monoisotopic (exact) mass is 266 g/mol. The van der Waals surface area contributed by atoms with Crippen molar-refractivity contribution >= 4 is 21.4 Å². The topological polar surface area (TPSA) is 80.7 Å². The first kappa shape index (κ1) is 12.4. The van der Waals surface area contributed by atoms with Crippen molar-refractivity contribution in [1.82, 2.24) is 0 Å². The third kappa shape index (κ3) is 2.02. The second-order valence-corrected chi connectivity index (χ2v) is 5.40. The van der Waals surface area contributed by atoms with Crippen molar-refractivity contribution in [3.8, 4) is 5.75 Å². The third-order valence-electron chi connectivity index (χ3n) is 2.50. The van der Waals surface area contributed by atoms with Gasteiger partial charge < -0.3 is 9.84 Å². The zero-order valence-electron chi connectivity index (χ0n) is 9.45. The highest BCUT2D eigenvalue weighted by Crippen LogP contribution is 2.33. The van der Waals surface area contributed by atoms with E-state index in [1.54, 1.807) is 24.3 Å². The summed E-state index contributed by atoms with van der Waals surface area (Å²) in [6.07, 6.45) is 1.13. The number of carbonyl (C=O) groups is 1. The Bertz CT molecular complexity index is 667. The van der Waals surface area contributed by atoms with Crippen molar-refractivity contribution in [1.29, 1.82) is 0 Å². The summed E-state index contributed by atoms with van der Waals surface area (Å²) < 4.78 is 28.3. The molecule has 18 heavy (non-hydrogen) atoms. The molecule has 0 bridgehead atoms. The van der Waals surface area contributed by atoms with Crippen molar-refractivity contribution in [2.24, 2.45) is 0 Å². The summed E-state index contributed by atoms with van der Waals surface area (Å²) in [5, 5.41) is 9.77. The fourth-order valence-electron chi connectivity index (χ4n) is 1.70. The first-order chi connectivity index (χ1) is 8.45. The van der Waals surface area contributed by atoms with E-state index in [-0.39, 0.29) is 0 Å². The van der Waals surface area contributed by atoms with Gasteiger partial charge in [-0.05, 0) is 17.7 Å². The smallest absolute Gasteiger partial charge is 0.347 e. The van der Waals surface area contributed by atoms with Gasteiger partial charge in [0.2, 0.25) is 9.84 Å². The number of methoxy groups -OCH3 is 1. The molecule has 5 nitrogen and oxygen atoms in total. The zero-order chi connectivity index (χ0) is 13.3. The van der Waals surface area contributed by atoms with E-state index >= 15 is 0 Å².